The van der Waals surface area contributed by atoms with E-state index >= 15 is 0 Å². The Labute approximate surface area is 123 Å². The van der Waals surface area contributed by atoms with E-state index in [9.17, 15) is 9.59 Å². The fourth-order valence-electron chi connectivity index (χ4n) is 2.09. The van der Waals surface area contributed by atoms with Gasteiger partial charge < -0.3 is 16.0 Å². The molecule has 1 unspecified atom stereocenters. The van der Waals surface area contributed by atoms with Gasteiger partial charge in [-0.3, -0.25) is 9.59 Å². The molecule has 1 aliphatic rings. The second-order valence-electron chi connectivity index (χ2n) is 4.74. The lowest BCUT2D eigenvalue weighted by Gasteiger charge is -2.10. The van der Waals surface area contributed by atoms with Gasteiger partial charge in [0.1, 0.15) is 0 Å². The van der Waals surface area contributed by atoms with Gasteiger partial charge >= 0.3 is 0 Å². The Balaban J connectivity index is 1.66. The van der Waals surface area contributed by atoms with E-state index in [1.54, 1.807) is 24.3 Å². The zero-order valence-electron chi connectivity index (χ0n) is 11.1. The number of carbonyl (C=O) groups excluding carboxylic acids is 2. The minimum absolute atomic E-state index is 0.0516. The van der Waals surface area contributed by atoms with Crippen LogP contribution in [0.25, 0.3) is 0 Å². The molecule has 3 N–H and O–H groups in total. The third-order valence-electron chi connectivity index (χ3n) is 3.25. The van der Waals surface area contributed by atoms with Gasteiger partial charge in [0, 0.05) is 30.2 Å². The Kier molecular flexibility index (Phi) is 5.38. The number of rotatable bonds is 5. The Hall–Kier alpha value is -1.59. The summed E-state index contributed by atoms with van der Waals surface area (Å²) in [5.74, 6) is -0.0591. The van der Waals surface area contributed by atoms with Crippen LogP contribution < -0.4 is 16.0 Å². The molecule has 2 rings (SSSR count). The van der Waals surface area contributed by atoms with Crippen LogP contribution >= 0.6 is 11.6 Å². The van der Waals surface area contributed by atoms with Crippen LogP contribution in [-0.2, 0) is 4.79 Å². The number of carbonyl (C=O) groups is 2. The predicted octanol–water partition coefficient (Wildman–Crippen LogP) is 0.796. The van der Waals surface area contributed by atoms with Gasteiger partial charge in [0.15, 0.2) is 0 Å². The second-order valence-corrected chi connectivity index (χ2v) is 5.18. The van der Waals surface area contributed by atoms with Gasteiger partial charge in [0.2, 0.25) is 5.91 Å². The van der Waals surface area contributed by atoms with Gasteiger partial charge in [0.05, 0.1) is 5.92 Å². The number of hydrogen-bond acceptors (Lipinski definition) is 3. The van der Waals surface area contributed by atoms with Crippen molar-refractivity contribution in [3.8, 4) is 0 Å². The first-order chi connectivity index (χ1) is 9.66. The molecule has 0 aliphatic carbocycles. The molecule has 1 fully saturated rings. The highest BCUT2D eigenvalue weighted by molar-refractivity contribution is 6.30. The first-order valence-corrected chi connectivity index (χ1v) is 7.07. The minimum atomic E-state index is -0.168. The molecule has 5 nitrogen and oxygen atoms in total. The molecule has 108 valence electrons. The number of halogens is 1. The van der Waals surface area contributed by atoms with Crippen LogP contribution in [0.3, 0.4) is 0 Å². The lowest BCUT2D eigenvalue weighted by Crippen LogP contribution is -2.38. The maximum atomic E-state index is 11.8. The van der Waals surface area contributed by atoms with Crippen molar-refractivity contribution in [3.63, 3.8) is 0 Å². The first kappa shape index (κ1) is 14.8. The summed E-state index contributed by atoms with van der Waals surface area (Å²) in [6.07, 6.45) is 0.878. The summed E-state index contributed by atoms with van der Waals surface area (Å²) >= 11 is 5.76. The monoisotopic (exact) mass is 295 g/mol. The number of hydrogen-bond donors (Lipinski definition) is 3. The van der Waals surface area contributed by atoms with Crippen LogP contribution in [0.2, 0.25) is 5.02 Å². The maximum absolute atomic E-state index is 11.8. The molecule has 1 aromatic carbocycles. The molecule has 0 radical (unpaired) electrons. The molecule has 1 atom stereocenters. The fraction of sp³-hybridized carbons (Fsp3) is 0.429. The molecule has 2 amide bonds. The Bertz CT molecular complexity index is 470. The van der Waals surface area contributed by atoms with E-state index in [-0.39, 0.29) is 17.7 Å². The summed E-state index contributed by atoms with van der Waals surface area (Å²) in [4.78, 5) is 23.5. The van der Waals surface area contributed by atoms with E-state index in [0.29, 0.717) is 23.7 Å². The Morgan fingerprint density at radius 3 is 2.55 bits per heavy atom. The summed E-state index contributed by atoms with van der Waals surface area (Å²) in [6.45, 7) is 2.48. The average molecular weight is 296 g/mol. The molecule has 0 spiro atoms. The molecule has 0 aromatic heterocycles. The van der Waals surface area contributed by atoms with Gasteiger partial charge in [-0.25, -0.2) is 0 Å². The Morgan fingerprint density at radius 2 is 1.90 bits per heavy atom. The maximum Gasteiger partial charge on any atom is 0.251 e. The SMILES string of the molecule is O=C(NCCNC(=O)C1CCNC1)c1ccc(Cl)cc1. The first-order valence-electron chi connectivity index (χ1n) is 6.69. The molecule has 0 bridgehead atoms. The lowest BCUT2D eigenvalue weighted by atomic mass is 10.1. The third-order valence-corrected chi connectivity index (χ3v) is 3.50. The molecule has 6 heteroatoms. The largest absolute Gasteiger partial charge is 0.354 e. The van der Waals surface area contributed by atoms with Crippen molar-refractivity contribution in [1.29, 1.82) is 0 Å². The molecule has 1 aliphatic heterocycles. The van der Waals surface area contributed by atoms with Crippen LogP contribution in [0.15, 0.2) is 24.3 Å². The smallest absolute Gasteiger partial charge is 0.251 e. The molecule has 1 heterocycles. The second kappa shape index (κ2) is 7.26. The van der Waals surface area contributed by atoms with E-state index in [1.165, 1.54) is 0 Å². The highest BCUT2D eigenvalue weighted by Gasteiger charge is 2.21. The summed E-state index contributed by atoms with van der Waals surface area (Å²) in [5.41, 5.74) is 0.556. The van der Waals surface area contributed by atoms with Gasteiger partial charge in [-0.1, -0.05) is 11.6 Å². The van der Waals surface area contributed by atoms with Crippen LogP contribution in [-0.4, -0.2) is 38.0 Å². The summed E-state index contributed by atoms with van der Waals surface area (Å²) in [5, 5.41) is 9.32. The molecule has 20 heavy (non-hydrogen) atoms. The Morgan fingerprint density at radius 1 is 1.20 bits per heavy atom. The highest BCUT2D eigenvalue weighted by Crippen LogP contribution is 2.09. The lowest BCUT2D eigenvalue weighted by molar-refractivity contribution is -0.124. The van der Waals surface area contributed by atoms with E-state index in [1.807, 2.05) is 0 Å². The van der Waals surface area contributed by atoms with Crippen molar-refractivity contribution in [2.75, 3.05) is 26.2 Å². The van der Waals surface area contributed by atoms with E-state index in [4.69, 9.17) is 11.6 Å². The van der Waals surface area contributed by atoms with E-state index < -0.39 is 0 Å². The van der Waals surface area contributed by atoms with Crippen LogP contribution in [0.1, 0.15) is 16.8 Å². The molecule has 1 aromatic rings. The normalized spacial score (nSPS) is 17.8. The molecular formula is C14H18ClN3O2. The van der Waals surface area contributed by atoms with Gasteiger partial charge in [-0.2, -0.15) is 0 Å². The topological polar surface area (TPSA) is 70.2 Å². The van der Waals surface area contributed by atoms with Crippen molar-refractivity contribution in [2.24, 2.45) is 5.92 Å². The number of benzene rings is 1. The number of amides is 2. The summed E-state index contributed by atoms with van der Waals surface area (Å²) < 4.78 is 0. The zero-order valence-corrected chi connectivity index (χ0v) is 11.9. The van der Waals surface area contributed by atoms with Gasteiger partial charge in [0.25, 0.3) is 5.91 Å². The van der Waals surface area contributed by atoms with Crippen molar-refractivity contribution in [3.05, 3.63) is 34.9 Å². The van der Waals surface area contributed by atoms with Crippen molar-refractivity contribution in [2.45, 2.75) is 6.42 Å². The molecular weight excluding hydrogens is 278 g/mol. The number of nitrogens with one attached hydrogen (secondary N) is 3. The standard InChI is InChI=1S/C14H18ClN3O2/c15-12-3-1-10(2-4-12)13(19)17-7-8-18-14(20)11-5-6-16-9-11/h1-4,11,16H,5-9H2,(H,17,19)(H,18,20). The quantitative estimate of drug-likeness (QED) is 0.704. The third kappa shape index (κ3) is 4.21. The fourth-order valence-corrected chi connectivity index (χ4v) is 2.21. The van der Waals surface area contributed by atoms with Crippen LogP contribution in [0.4, 0.5) is 0 Å². The summed E-state index contributed by atoms with van der Waals surface area (Å²) in [7, 11) is 0. The van der Waals surface area contributed by atoms with Crippen molar-refractivity contribution < 1.29 is 9.59 Å². The molecule has 0 saturated carbocycles. The molecule has 1 saturated heterocycles. The van der Waals surface area contributed by atoms with Crippen molar-refractivity contribution >= 4 is 23.4 Å². The average Bonchev–Trinajstić information content (AvgIpc) is 2.98. The van der Waals surface area contributed by atoms with Crippen LogP contribution in [0, 0.1) is 5.92 Å². The van der Waals surface area contributed by atoms with E-state index in [2.05, 4.69) is 16.0 Å². The van der Waals surface area contributed by atoms with E-state index in [0.717, 1.165) is 19.5 Å². The van der Waals surface area contributed by atoms with Gasteiger partial charge in [-0.15, -0.1) is 0 Å². The van der Waals surface area contributed by atoms with Gasteiger partial charge in [-0.05, 0) is 37.2 Å². The highest BCUT2D eigenvalue weighted by atomic mass is 35.5. The van der Waals surface area contributed by atoms with Crippen LogP contribution in [0.5, 0.6) is 0 Å². The summed E-state index contributed by atoms with van der Waals surface area (Å²) in [6, 6.07) is 6.68. The van der Waals surface area contributed by atoms with Crippen molar-refractivity contribution in [1.82, 2.24) is 16.0 Å². The predicted molar refractivity (Wildman–Crippen MR) is 77.8 cm³/mol. The minimum Gasteiger partial charge on any atom is -0.354 e. The zero-order chi connectivity index (χ0) is 14.4.